The lowest BCUT2D eigenvalue weighted by Gasteiger charge is -2.36. The summed E-state index contributed by atoms with van der Waals surface area (Å²) in [6, 6.07) is 15.2. The number of rotatable bonds is 7. The zero-order valence-electron chi connectivity index (χ0n) is 18.1. The molecule has 33 heavy (non-hydrogen) atoms. The number of carboxylic acid groups (broad SMARTS) is 2. The van der Waals surface area contributed by atoms with Crippen LogP contribution in [0.4, 0.5) is 0 Å². The average Bonchev–Trinajstić information content (AvgIpc) is 3.08. The van der Waals surface area contributed by atoms with Crippen LogP contribution in [-0.2, 0) is 21.4 Å². The van der Waals surface area contributed by atoms with Crippen LogP contribution in [0.15, 0.2) is 54.6 Å². The van der Waals surface area contributed by atoms with E-state index in [1.54, 1.807) is 33.7 Å². The third-order valence-corrected chi connectivity index (χ3v) is 7.31. The van der Waals surface area contributed by atoms with Crippen molar-refractivity contribution in [3.63, 3.8) is 0 Å². The van der Waals surface area contributed by atoms with Gasteiger partial charge in [-0.05, 0) is 11.6 Å². The molecule has 1 atom stereocenters. The molecule has 0 unspecified atom stereocenters. The predicted octanol–water partition coefficient (Wildman–Crippen LogP) is 2.09. The second-order valence-electron chi connectivity index (χ2n) is 8.10. The van der Waals surface area contributed by atoms with Crippen molar-refractivity contribution in [3.05, 3.63) is 71.4 Å². The van der Waals surface area contributed by atoms with E-state index in [-0.39, 0.29) is 44.0 Å². The average molecular weight is 472 g/mol. The Labute approximate surface area is 191 Å². The number of aromatic carboxylic acids is 1. The molecule has 2 aromatic carbocycles. The second-order valence-corrected chi connectivity index (χ2v) is 10.1. The van der Waals surface area contributed by atoms with Crippen molar-refractivity contribution in [1.29, 1.82) is 0 Å². The monoisotopic (exact) mass is 471 g/mol. The number of aliphatic carboxylic acids is 1. The van der Waals surface area contributed by atoms with Gasteiger partial charge in [-0.15, -0.1) is 0 Å². The fourth-order valence-corrected chi connectivity index (χ4v) is 5.35. The van der Waals surface area contributed by atoms with E-state index in [2.05, 4.69) is 0 Å². The topological polar surface area (TPSA) is 120 Å². The summed E-state index contributed by atoms with van der Waals surface area (Å²) in [5.41, 5.74) is 1.67. The van der Waals surface area contributed by atoms with Crippen LogP contribution in [0, 0.1) is 0 Å². The molecule has 0 saturated carbocycles. The van der Waals surface area contributed by atoms with Gasteiger partial charge in [-0.3, -0.25) is 9.69 Å². The van der Waals surface area contributed by atoms with E-state index in [1.807, 2.05) is 30.3 Å². The van der Waals surface area contributed by atoms with E-state index >= 15 is 0 Å². The molecule has 2 N–H and O–H groups in total. The SMILES string of the molecule is CS(=O)(=O)N1CCN([C@H](C(=O)O)c2c(C(=O)O)n(Cc3ccccc3)c3ccccc23)CC1. The lowest BCUT2D eigenvalue weighted by atomic mass is 10.00. The number of hydrogen-bond donors (Lipinski definition) is 2. The molecular formula is C23H25N3O6S. The number of carbonyl (C=O) groups is 2. The molecule has 9 nitrogen and oxygen atoms in total. The lowest BCUT2D eigenvalue weighted by molar-refractivity contribution is -0.144. The molecule has 1 aliphatic rings. The molecule has 1 aromatic heterocycles. The van der Waals surface area contributed by atoms with Gasteiger partial charge in [0.05, 0.1) is 6.26 Å². The van der Waals surface area contributed by atoms with Crippen molar-refractivity contribution in [2.24, 2.45) is 0 Å². The van der Waals surface area contributed by atoms with Gasteiger partial charge < -0.3 is 14.8 Å². The molecule has 1 saturated heterocycles. The van der Waals surface area contributed by atoms with E-state index in [9.17, 15) is 28.2 Å². The van der Waals surface area contributed by atoms with Crippen LogP contribution in [0.1, 0.15) is 27.7 Å². The number of fused-ring (bicyclic) bond motifs is 1. The number of para-hydroxylation sites is 1. The molecule has 1 fully saturated rings. The van der Waals surface area contributed by atoms with Crippen molar-refractivity contribution in [3.8, 4) is 0 Å². The summed E-state index contributed by atoms with van der Waals surface area (Å²) < 4.78 is 26.7. The summed E-state index contributed by atoms with van der Waals surface area (Å²) in [6.45, 7) is 0.932. The Balaban J connectivity index is 1.84. The minimum Gasteiger partial charge on any atom is -0.480 e. The molecule has 0 aliphatic carbocycles. The standard InChI is InChI=1S/C23H25N3O6S/c1-33(31,32)25-13-11-24(12-14-25)20(22(27)28)19-17-9-5-6-10-18(17)26(21(19)23(29)30)15-16-7-3-2-4-8-16/h2-10,20H,11-15H2,1H3,(H,27,28)(H,29,30)/t20-/m0/s1. The van der Waals surface area contributed by atoms with Crippen LogP contribution in [0.5, 0.6) is 0 Å². The molecule has 174 valence electrons. The Kier molecular flexibility index (Phi) is 6.24. The quantitative estimate of drug-likeness (QED) is 0.541. The van der Waals surface area contributed by atoms with Gasteiger partial charge in [0.2, 0.25) is 10.0 Å². The maximum Gasteiger partial charge on any atom is 0.352 e. The first-order valence-electron chi connectivity index (χ1n) is 10.5. The van der Waals surface area contributed by atoms with Crippen LogP contribution in [-0.4, -0.2) is 76.8 Å². The number of piperazine rings is 1. The summed E-state index contributed by atoms with van der Waals surface area (Å²) in [5, 5.41) is 20.9. The van der Waals surface area contributed by atoms with Crippen LogP contribution in [0.3, 0.4) is 0 Å². The first-order chi connectivity index (χ1) is 15.7. The lowest BCUT2D eigenvalue weighted by Crippen LogP contribution is -2.50. The number of carboxylic acids is 2. The number of aromatic nitrogens is 1. The number of sulfonamides is 1. The number of benzene rings is 2. The molecule has 4 rings (SSSR count). The van der Waals surface area contributed by atoms with Gasteiger partial charge in [0.1, 0.15) is 11.7 Å². The molecule has 0 radical (unpaired) electrons. The minimum absolute atomic E-state index is 0.0713. The Bertz CT molecular complexity index is 1290. The summed E-state index contributed by atoms with van der Waals surface area (Å²) in [7, 11) is -3.39. The maximum absolute atomic E-state index is 12.5. The van der Waals surface area contributed by atoms with Gasteiger partial charge in [-0.25, -0.2) is 13.2 Å². The van der Waals surface area contributed by atoms with Gasteiger partial charge in [0.25, 0.3) is 0 Å². The second kappa shape index (κ2) is 8.97. The van der Waals surface area contributed by atoms with Crippen molar-refractivity contribution >= 4 is 32.9 Å². The van der Waals surface area contributed by atoms with Crippen LogP contribution >= 0.6 is 0 Å². The molecule has 0 bridgehead atoms. The largest absolute Gasteiger partial charge is 0.480 e. The highest BCUT2D eigenvalue weighted by atomic mass is 32.2. The first kappa shape index (κ1) is 23.0. The van der Waals surface area contributed by atoms with Crippen molar-refractivity contribution in [1.82, 2.24) is 13.8 Å². The fourth-order valence-electron chi connectivity index (χ4n) is 4.52. The van der Waals surface area contributed by atoms with Crippen LogP contribution in [0.2, 0.25) is 0 Å². The summed E-state index contributed by atoms with van der Waals surface area (Å²) in [4.78, 5) is 26.6. The van der Waals surface area contributed by atoms with Crippen LogP contribution in [0.25, 0.3) is 10.9 Å². The third-order valence-electron chi connectivity index (χ3n) is 6.01. The smallest absolute Gasteiger partial charge is 0.352 e. The van der Waals surface area contributed by atoms with Crippen molar-refractivity contribution in [2.45, 2.75) is 12.6 Å². The number of hydrogen-bond acceptors (Lipinski definition) is 5. The third kappa shape index (κ3) is 4.50. The zero-order chi connectivity index (χ0) is 23.8. The highest BCUT2D eigenvalue weighted by Crippen LogP contribution is 2.36. The Morgan fingerprint density at radius 3 is 2.12 bits per heavy atom. The van der Waals surface area contributed by atoms with E-state index in [0.29, 0.717) is 10.9 Å². The van der Waals surface area contributed by atoms with E-state index in [4.69, 9.17) is 0 Å². The van der Waals surface area contributed by atoms with Gasteiger partial charge >= 0.3 is 11.9 Å². The minimum atomic E-state index is -3.39. The summed E-state index contributed by atoms with van der Waals surface area (Å²) in [6.07, 6.45) is 1.12. The van der Waals surface area contributed by atoms with Gasteiger partial charge in [-0.2, -0.15) is 4.31 Å². The van der Waals surface area contributed by atoms with E-state index < -0.39 is 28.0 Å². The van der Waals surface area contributed by atoms with Crippen LogP contribution < -0.4 is 0 Å². The fraction of sp³-hybridized carbons (Fsp3) is 0.304. The molecule has 1 aliphatic heterocycles. The highest BCUT2D eigenvalue weighted by Gasteiger charge is 2.38. The van der Waals surface area contributed by atoms with Crippen molar-refractivity contribution < 1.29 is 28.2 Å². The molecule has 10 heteroatoms. The molecule has 0 amide bonds. The highest BCUT2D eigenvalue weighted by molar-refractivity contribution is 7.88. The normalized spacial score (nSPS) is 16.6. The summed E-state index contributed by atoms with van der Waals surface area (Å²) >= 11 is 0. The molecular weight excluding hydrogens is 446 g/mol. The Morgan fingerprint density at radius 1 is 0.939 bits per heavy atom. The van der Waals surface area contributed by atoms with Gasteiger partial charge in [0.15, 0.2) is 0 Å². The number of nitrogens with zero attached hydrogens (tertiary/aromatic N) is 3. The molecule has 2 heterocycles. The van der Waals surface area contributed by atoms with E-state index in [0.717, 1.165) is 11.8 Å². The Hall–Kier alpha value is -3.21. The molecule has 0 spiro atoms. The summed E-state index contributed by atoms with van der Waals surface area (Å²) in [5.74, 6) is -2.38. The molecule has 3 aromatic rings. The van der Waals surface area contributed by atoms with Crippen molar-refractivity contribution in [2.75, 3.05) is 32.4 Å². The predicted molar refractivity (Wildman–Crippen MR) is 123 cm³/mol. The maximum atomic E-state index is 12.5. The van der Waals surface area contributed by atoms with E-state index in [1.165, 1.54) is 4.31 Å². The first-order valence-corrected chi connectivity index (χ1v) is 12.3. The zero-order valence-corrected chi connectivity index (χ0v) is 18.9. The van der Waals surface area contributed by atoms with Gasteiger partial charge in [-0.1, -0.05) is 48.5 Å². The van der Waals surface area contributed by atoms with Gasteiger partial charge in [0, 0.05) is 49.2 Å². The Morgan fingerprint density at radius 2 is 1.55 bits per heavy atom.